The highest BCUT2D eigenvalue weighted by atomic mass is 16.5. The van der Waals surface area contributed by atoms with Gasteiger partial charge in [0.05, 0.1) is 0 Å². The van der Waals surface area contributed by atoms with Crippen LogP contribution in [0.4, 0.5) is 0 Å². The summed E-state index contributed by atoms with van der Waals surface area (Å²) in [7, 11) is 0. The van der Waals surface area contributed by atoms with Gasteiger partial charge < -0.3 is 4.74 Å². The Morgan fingerprint density at radius 3 is 2.14 bits per heavy atom. The van der Waals surface area contributed by atoms with E-state index in [0.717, 1.165) is 30.4 Å². The fraction of sp³-hybridized carbons (Fsp3) is 0.545. The summed E-state index contributed by atoms with van der Waals surface area (Å²) < 4.78 is 6.76. The van der Waals surface area contributed by atoms with E-state index >= 15 is 4.79 Å². The molecule has 1 aliphatic heterocycles. The second-order valence-corrected chi connectivity index (χ2v) is 13.1. The van der Waals surface area contributed by atoms with Gasteiger partial charge in [0.25, 0.3) is 0 Å². The molecule has 37 heavy (non-hydrogen) atoms. The number of ketones is 3. The minimum atomic E-state index is -1.33. The Morgan fingerprint density at radius 1 is 0.973 bits per heavy atom. The smallest absolute Gasteiger partial charge is 0.200 e. The van der Waals surface area contributed by atoms with Crippen molar-refractivity contribution < 1.29 is 19.1 Å². The van der Waals surface area contributed by atoms with Gasteiger partial charge in [0.15, 0.2) is 17.3 Å². The zero-order valence-electron chi connectivity index (χ0n) is 23.4. The van der Waals surface area contributed by atoms with Crippen LogP contribution in [0, 0.1) is 28.1 Å². The SMILES string of the molecule is CC(C)=CCC1(CC=C(C)C)C(=O)C(C(=O)c2ccccc2)=C2O[C@]3(C)CC[C@H]4C[C@@H]3[C@]2(C1=O)C4(C)C. The molecule has 1 aromatic rings. The molecule has 3 fully saturated rings. The number of hydrogen-bond donors (Lipinski definition) is 0. The van der Waals surface area contributed by atoms with Crippen LogP contribution in [0.25, 0.3) is 0 Å². The van der Waals surface area contributed by atoms with E-state index in [1.807, 2.05) is 58.0 Å². The van der Waals surface area contributed by atoms with Gasteiger partial charge in [-0.1, -0.05) is 67.5 Å². The lowest BCUT2D eigenvalue weighted by molar-refractivity contribution is -0.152. The molecule has 2 saturated carbocycles. The zero-order valence-corrected chi connectivity index (χ0v) is 23.4. The summed E-state index contributed by atoms with van der Waals surface area (Å²) in [5.41, 5.74) is -0.625. The largest absolute Gasteiger partial charge is 0.490 e. The maximum atomic E-state index is 15.2. The van der Waals surface area contributed by atoms with Gasteiger partial charge in [-0.3, -0.25) is 14.4 Å². The molecule has 0 radical (unpaired) electrons. The van der Waals surface area contributed by atoms with Crippen LogP contribution in [0.15, 0.2) is 65.0 Å². The third kappa shape index (κ3) is 3.30. The highest BCUT2D eigenvalue weighted by molar-refractivity contribution is 6.35. The molecule has 1 aromatic carbocycles. The van der Waals surface area contributed by atoms with Gasteiger partial charge in [-0.15, -0.1) is 0 Å². The fourth-order valence-corrected chi connectivity index (χ4v) is 8.01. The van der Waals surface area contributed by atoms with Gasteiger partial charge in [0.2, 0.25) is 0 Å². The Kier molecular flexibility index (Phi) is 5.86. The first kappa shape index (κ1) is 25.9. The minimum Gasteiger partial charge on any atom is -0.490 e. The van der Waals surface area contributed by atoms with Crippen molar-refractivity contribution in [3.05, 3.63) is 70.5 Å². The second-order valence-electron chi connectivity index (χ2n) is 13.1. The first-order valence-corrected chi connectivity index (χ1v) is 13.7. The third-order valence-corrected chi connectivity index (χ3v) is 10.2. The van der Waals surface area contributed by atoms with Crippen molar-refractivity contribution in [2.24, 2.45) is 28.1 Å². The maximum Gasteiger partial charge on any atom is 0.200 e. The van der Waals surface area contributed by atoms with Crippen LogP contribution < -0.4 is 0 Å². The quantitative estimate of drug-likeness (QED) is 0.179. The first-order chi connectivity index (χ1) is 17.3. The second kappa shape index (κ2) is 8.38. The van der Waals surface area contributed by atoms with E-state index in [1.165, 1.54) is 0 Å². The molecular weight excluding hydrogens is 460 g/mol. The van der Waals surface area contributed by atoms with Crippen LogP contribution in [0.2, 0.25) is 0 Å². The number of carbonyl (C=O) groups is 3. The van der Waals surface area contributed by atoms with Crippen molar-refractivity contribution >= 4 is 17.3 Å². The zero-order chi connectivity index (χ0) is 27.0. The lowest BCUT2D eigenvalue weighted by Crippen LogP contribution is -2.59. The summed E-state index contributed by atoms with van der Waals surface area (Å²) in [6.07, 6.45) is 7.31. The number of fused-ring (bicyclic) bond motifs is 1. The van der Waals surface area contributed by atoms with Crippen molar-refractivity contribution in [2.45, 2.75) is 86.2 Å². The summed E-state index contributed by atoms with van der Waals surface area (Å²) in [6, 6.07) is 8.99. The Bertz CT molecular complexity index is 1250. The molecule has 0 N–H and O–H groups in total. The Morgan fingerprint density at radius 2 is 1.57 bits per heavy atom. The van der Waals surface area contributed by atoms with Gasteiger partial charge in [0, 0.05) is 11.5 Å². The van der Waals surface area contributed by atoms with Crippen LogP contribution in [-0.2, 0) is 14.3 Å². The first-order valence-electron chi connectivity index (χ1n) is 13.7. The summed E-state index contributed by atoms with van der Waals surface area (Å²) >= 11 is 0. The Labute approximate surface area is 221 Å². The molecule has 4 nitrogen and oxygen atoms in total. The number of carbonyl (C=O) groups excluding carboxylic acids is 3. The van der Waals surface area contributed by atoms with Crippen molar-refractivity contribution in [2.75, 3.05) is 0 Å². The van der Waals surface area contributed by atoms with Gasteiger partial charge in [0.1, 0.15) is 27.8 Å². The Balaban J connectivity index is 1.86. The monoisotopic (exact) mass is 500 g/mol. The third-order valence-electron chi connectivity index (χ3n) is 10.2. The van der Waals surface area contributed by atoms with E-state index in [4.69, 9.17) is 4.74 Å². The fourth-order valence-electron chi connectivity index (χ4n) is 8.01. The molecule has 1 spiro atoms. The molecule has 0 aromatic heterocycles. The average molecular weight is 501 g/mol. The van der Waals surface area contributed by atoms with Crippen LogP contribution in [-0.4, -0.2) is 23.0 Å². The van der Waals surface area contributed by atoms with Crippen LogP contribution in [0.1, 0.15) is 90.9 Å². The predicted molar refractivity (Wildman–Crippen MR) is 145 cm³/mol. The van der Waals surface area contributed by atoms with E-state index in [2.05, 4.69) is 20.8 Å². The van der Waals surface area contributed by atoms with E-state index < -0.39 is 21.8 Å². The molecule has 3 aliphatic carbocycles. The maximum absolute atomic E-state index is 15.2. The lowest BCUT2D eigenvalue weighted by Gasteiger charge is -2.50. The molecule has 4 heteroatoms. The molecule has 4 atom stereocenters. The highest BCUT2D eigenvalue weighted by Gasteiger charge is 2.81. The van der Waals surface area contributed by atoms with Gasteiger partial charge in [-0.05, 0) is 78.1 Å². The molecule has 196 valence electrons. The van der Waals surface area contributed by atoms with Gasteiger partial charge >= 0.3 is 0 Å². The molecule has 4 aliphatic rings. The molecular formula is C33H40O4. The topological polar surface area (TPSA) is 60.4 Å². The molecule has 0 amide bonds. The average Bonchev–Trinajstić information content (AvgIpc) is 3.24. The van der Waals surface area contributed by atoms with Crippen molar-refractivity contribution in [3.63, 3.8) is 0 Å². The van der Waals surface area contributed by atoms with Crippen LogP contribution in [0.3, 0.4) is 0 Å². The molecule has 1 saturated heterocycles. The van der Waals surface area contributed by atoms with Gasteiger partial charge in [-0.25, -0.2) is 0 Å². The van der Waals surface area contributed by atoms with Crippen molar-refractivity contribution in [1.82, 2.24) is 0 Å². The number of allylic oxidation sites excluding steroid dienone is 6. The lowest BCUT2D eigenvalue weighted by atomic mass is 9.48. The number of Topliss-reactive ketones (excluding diaryl/α,β-unsaturated/α-hetero) is 3. The van der Waals surface area contributed by atoms with Crippen LogP contribution >= 0.6 is 0 Å². The van der Waals surface area contributed by atoms with E-state index in [9.17, 15) is 9.59 Å². The van der Waals surface area contributed by atoms with E-state index in [0.29, 0.717) is 30.1 Å². The number of rotatable bonds is 6. The Hall–Kier alpha value is -2.75. The molecule has 0 unspecified atom stereocenters. The van der Waals surface area contributed by atoms with Crippen molar-refractivity contribution in [1.29, 1.82) is 0 Å². The predicted octanol–water partition coefficient (Wildman–Crippen LogP) is 7.21. The number of ether oxygens (including phenoxy) is 1. The standard InChI is InChI=1S/C33H40O4/c1-20(2)13-17-32(18-14-21(3)4)27(35)25(26(34)22-11-9-8-10-12-22)28-33(29(32)36)24-19-23(30(33,5)6)15-16-31(24,7)37-28/h8-14,23-24H,15-19H2,1-7H3/t23-,24-,31+,33-/m0/s1. The van der Waals surface area contributed by atoms with E-state index in [-0.39, 0.29) is 28.8 Å². The number of hydrogen-bond acceptors (Lipinski definition) is 4. The molecule has 1 heterocycles. The summed E-state index contributed by atoms with van der Waals surface area (Å²) in [5.74, 6) is -0.0392. The highest BCUT2D eigenvalue weighted by Crippen LogP contribution is 2.77. The summed E-state index contributed by atoms with van der Waals surface area (Å²) in [5, 5.41) is 0. The summed E-state index contributed by atoms with van der Waals surface area (Å²) in [4.78, 5) is 44.2. The minimum absolute atomic E-state index is 0.0252. The summed E-state index contributed by atoms with van der Waals surface area (Å²) in [6.45, 7) is 14.4. The van der Waals surface area contributed by atoms with Crippen LogP contribution in [0.5, 0.6) is 0 Å². The van der Waals surface area contributed by atoms with E-state index in [1.54, 1.807) is 12.1 Å². The van der Waals surface area contributed by atoms with Gasteiger partial charge in [-0.2, -0.15) is 0 Å². The molecule has 5 rings (SSSR count). The normalized spacial score (nSPS) is 32.5. The molecule has 2 bridgehead atoms. The van der Waals surface area contributed by atoms with Crippen molar-refractivity contribution in [3.8, 4) is 0 Å². The number of benzene rings is 1.